The summed E-state index contributed by atoms with van der Waals surface area (Å²) < 4.78 is 11.3. The number of rotatable bonds is 6. The second-order valence-electron chi connectivity index (χ2n) is 4.55. The van der Waals surface area contributed by atoms with Crippen LogP contribution in [-0.2, 0) is 12.8 Å². The van der Waals surface area contributed by atoms with Crippen LogP contribution in [0, 0.1) is 0 Å². The van der Waals surface area contributed by atoms with Gasteiger partial charge in [0.1, 0.15) is 11.6 Å². The second-order valence-corrected chi connectivity index (χ2v) is 4.55. The van der Waals surface area contributed by atoms with Gasteiger partial charge in [-0.2, -0.15) is 4.98 Å². The summed E-state index contributed by atoms with van der Waals surface area (Å²) in [6.07, 6.45) is 1.70. The average Bonchev–Trinajstić information content (AvgIpc) is 2.54. The molecule has 1 N–H and O–H groups in total. The molecule has 0 aliphatic rings. The fraction of sp³-hybridized carbons (Fsp3) is 0.375. The molecule has 0 unspecified atom stereocenters. The lowest BCUT2D eigenvalue weighted by Gasteiger charge is -2.12. The summed E-state index contributed by atoms with van der Waals surface area (Å²) in [5.74, 6) is 3.34. The van der Waals surface area contributed by atoms with Crippen LogP contribution in [0.2, 0.25) is 0 Å². The molecule has 2 rings (SSSR count). The molecule has 0 saturated heterocycles. The van der Waals surface area contributed by atoms with Crippen molar-refractivity contribution in [1.82, 2.24) is 9.97 Å². The molecule has 1 aromatic heterocycles. The number of aromatic nitrogens is 2. The normalized spacial score (nSPS) is 10.3. The van der Waals surface area contributed by atoms with Gasteiger partial charge in [-0.3, -0.25) is 0 Å². The van der Waals surface area contributed by atoms with E-state index in [9.17, 15) is 0 Å². The highest BCUT2D eigenvalue weighted by atomic mass is 16.5. The minimum Gasteiger partial charge on any atom is -0.493 e. The molecule has 0 bridgehead atoms. The lowest BCUT2D eigenvalue weighted by molar-refractivity contribution is 0.373. The highest BCUT2D eigenvalue weighted by Gasteiger charge is 2.09. The quantitative estimate of drug-likeness (QED) is 0.882. The number of benzene rings is 1. The maximum atomic E-state index is 5.87. The van der Waals surface area contributed by atoms with Crippen molar-refractivity contribution in [2.75, 3.05) is 19.5 Å². The zero-order chi connectivity index (χ0) is 15.2. The van der Waals surface area contributed by atoms with E-state index in [1.165, 1.54) is 5.56 Å². The average molecular weight is 287 g/mol. The van der Waals surface area contributed by atoms with Gasteiger partial charge in [-0.05, 0) is 24.1 Å². The van der Waals surface area contributed by atoms with Gasteiger partial charge < -0.3 is 14.8 Å². The molecule has 0 aliphatic heterocycles. The lowest BCUT2D eigenvalue weighted by atomic mass is 10.1. The van der Waals surface area contributed by atoms with Crippen LogP contribution in [-0.4, -0.2) is 24.1 Å². The van der Waals surface area contributed by atoms with Crippen molar-refractivity contribution in [3.8, 4) is 17.4 Å². The van der Waals surface area contributed by atoms with Crippen molar-refractivity contribution in [2.45, 2.75) is 26.7 Å². The first-order valence-electron chi connectivity index (χ1n) is 7.10. The van der Waals surface area contributed by atoms with E-state index in [1.807, 2.05) is 32.2 Å². The van der Waals surface area contributed by atoms with Crippen LogP contribution >= 0.6 is 0 Å². The van der Waals surface area contributed by atoms with Gasteiger partial charge in [-0.25, -0.2) is 4.98 Å². The maximum absolute atomic E-state index is 5.87. The Hall–Kier alpha value is -2.30. The summed E-state index contributed by atoms with van der Waals surface area (Å²) in [7, 11) is 3.46. The van der Waals surface area contributed by atoms with E-state index in [4.69, 9.17) is 9.47 Å². The number of anilines is 1. The van der Waals surface area contributed by atoms with Crippen molar-refractivity contribution in [3.63, 3.8) is 0 Å². The molecule has 5 nitrogen and oxygen atoms in total. The fourth-order valence-electron chi connectivity index (χ4n) is 1.94. The van der Waals surface area contributed by atoms with E-state index < -0.39 is 0 Å². The molecule has 21 heavy (non-hydrogen) atoms. The van der Waals surface area contributed by atoms with Gasteiger partial charge in [-0.15, -0.1) is 0 Å². The Bertz CT molecular complexity index is 592. The summed E-state index contributed by atoms with van der Waals surface area (Å²) in [5, 5.41) is 3.01. The number of nitrogens with zero attached hydrogens (tertiary/aromatic N) is 2. The molecule has 112 valence electrons. The second kappa shape index (κ2) is 6.92. The topological polar surface area (TPSA) is 56.3 Å². The first-order chi connectivity index (χ1) is 10.2. The van der Waals surface area contributed by atoms with Crippen molar-refractivity contribution in [1.29, 1.82) is 0 Å². The van der Waals surface area contributed by atoms with Crippen molar-refractivity contribution in [3.05, 3.63) is 35.7 Å². The third-order valence-electron chi connectivity index (χ3n) is 3.17. The van der Waals surface area contributed by atoms with Gasteiger partial charge in [0.25, 0.3) is 0 Å². The molecular formula is C16H21N3O2. The Morgan fingerprint density at radius 3 is 2.48 bits per heavy atom. The van der Waals surface area contributed by atoms with Crippen molar-refractivity contribution in [2.24, 2.45) is 0 Å². The number of ether oxygens (including phenoxy) is 2. The van der Waals surface area contributed by atoms with Gasteiger partial charge in [0.2, 0.25) is 5.88 Å². The molecule has 0 saturated carbocycles. The minimum atomic E-state index is 0.508. The molecule has 1 heterocycles. The number of aryl methyl sites for hydroxylation is 2. The molecule has 2 aromatic rings. The first kappa shape index (κ1) is 15.1. The summed E-state index contributed by atoms with van der Waals surface area (Å²) in [6, 6.07) is 7.69. The number of hydrogen-bond acceptors (Lipinski definition) is 5. The Labute approximate surface area is 125 Å². The maximum Gasteiger partial charge on any atom is 0.224 e. The van der Waals surface area contributed by atoms with Crippen molar-refractivity contribution >= 4 is 5.82 Å². The Morgan fingerprint density at radius 2 is 1.86 bits per heavy atom. The van der Waals surface area contributed by atoms with Crippen LogP contribution in [0.3, 0.4) is 0 Å². The van der Waals surface area contributed by atoms with Crippen LogP contribution in [0.1, 0.15) is 25.2 Å². The third-order valence-corrected chi connectivity index (χ3v) is 3.17. The molecule has 1 aromatic carbocycles. The largest absolute Gasteiger partial charge is 0.493 e. The third kappa shape index (κ3) is 3.62. The Morgan fingerprint density at radius 1 is 1.05 bits per heavy atom. The monoisotopic (exact) mass is 287 g/mol. The fourth-order valence-corrected chi connectivity index (χ4v) is 1.94. The molecule has 0 amide bonds. The molecule has 0 atom stereocenters. The standard InChI is InChI=1S/C16H21N3O2/c1-5-11-7-8-12(13(9-11)20-4)21-16-10-15(17-3)18-14(6-2)19-16/h7-10H,5-6H2,1-4H3,(H,17,18,19). The smallest absolute Gasteiger partial charge is 0.224 e. The van der Waals surface area contributed by atoms with E-state index in [1.54, 1.807) is 13.2 Å². The van der Waals surface area contributed by atoms with E-state index in [0.29, 0.717) is 17.4 Å². The van der Waals surface area contributed by atoms with E-state index in [0.717, 1.165) is 24.5 Å². The van der Waals surface area contributed by atoms with Gasteiger partial charge in [0.15, 0.2) is 11.5 Å². The van der Waals surface area contributed by atoms with Crippen LogP contribution in [0.25, 0.3) is 0 Å². The summed E-state index contributed by atoms with van der Waals surface area (Å²) in [5.41, 5.74) is 1.20. The van der Waals surface area contributed by atoms with E-state index in [2.05, 4.69) is 22.2 Å². The first-order valence-corrected chi connectivity index (χ1v) is 7.10. The summed E-state index contributed by atoms with van der Waals surface area (Å²) in [4.78, 5) is 8.73. The SMILES string of the molecule is CCc1ccc(Oc2cc(NC)nc(CC)n2)c(OC)c1. The van der Waals surface area contributed by atoms with Gasteiger partial charge in [-0.1, -0.05) is 19.9 Å². The molecule has 0 spiro atoms. The van der Waals surface area contributed by atoms with Gasteiger partial charge in [0.05, 0.1) is 7.11 Å². The van der Waals surface area contributed by atoms with E-state index >= 15 is 0 Å². The van der Waals surface area contributed by atoms with Crippen LogP contribution in [0.5, 0.6) is 17.4 Å². The number of nitrogens with one attached hydrogen (secondary N) is 1. The zero-order valence-corrected chi connectivity index (χ0v) is 12.9. The lowest BCUT2D eigenvalue weighted by Crippen LogP contribution is -2.01. The number of methoxy groups -OCH3 is 1. The highest BCUT2D eigenvalue weighted by molar-refractivity contribution is 5.46. The molecule has 0 fully saturated rings. The van der Waals surface area contributed by atoms with Crippen LogP contribution in [0.4, 0.5) is 5.82 Å². The van der Waals surface area contributed by atoms with Crippen molar-refractivity contribution < 1.29 is 9.47 Å². The Balaban J connectivity index is 2.33. The summed E-state index contributed by atoms with van der Waals surface area (Å²) in [6.45, 7) is 4.11. The molecule has 0 radical (unpaired) electrons. The van der Waals surface area contributed by atoms with Crippen LogP contribution < -0.4 is 14.8 Å². The highest BCUT2D eigenvalue weighted by Crippen LogP contribution is 2.32. The summed E-state index contributed by atoms with van der Waals surface area (Å²) >= 11 is 0. The van der Waals surface area contributed by atoms with E-state index in [-0.39, 0.29) is 0 Å². The van der Waals surface area contributed by atoms with Gasteiger partial charge >= 0.3 is 0 Å². The predicted molar refractivity (Wildman–Crippen MR) is 83.4 cm³/mol. The van der Waals surface area contributed by atoms with Crippen LogP contribution in [0.15, 0.2) is 24.3 Å². The minimum absolute atomic E-state index is 0.508. The Kier molecular flexibility index (Phi) is 4.98. The van der Waals surface area contributed by atoms with Gasteiger partial charge in [0, 0.05) is 19.5 Å². The predicted octanol–water partition coefficient (Wildman–Crippen LogP) is 3.44. The molecular weight excluding hydrogens is 266 g/mol. The molecule has 0 aliphatic carbocycles. The molecule has 5 heteroatoms. The zero-order valence-electron chi connectivity index (χ0n) is 12.9. The number of hydrogen-bond donors (Lipinski definition) is 1.